The van der Waals surface area contributed by atoms with E-state index < -0.39 is 29.4 Å². The molecule has 0 fully saturated rings. The molecule has 0 radical (unpaired) electrons. The Kier molecular flexibility index (Phi) is 8.51. The first kappa shape index (κ1) is 17.4. The molecule has 0 aromatic rings. The van der Waals surface area contributed by atoms with Gasteiger partial charge in [-0.05, 0) is 6.92 Å². The summed E-state index contributed by atoms with van der Waals surface area (Å²) in [4.78, 5) is 43.3. The SMILES string of the molecule is CCOC(=O)[C@H](CSC(=O)CC)NC(=O)C[N+](=O)[O-]. The van der Waals surface area contributed by atoms with Crippen LogP contribution in [-0.2, 0) is 19.1 Å². The Bertz CT molecular complexity index is 360. The fraction of sp³-hybridized carbons (Fsp3) is 0.700. The third-order valence-corrected chi connectivity index (χ3v) is 2.99. The molecule has 0 aliphatic carbocycles. The maximum atomic E-state index is 11.5. The van der Waals surface area contributed by atoms with E-state index in [4.69, 9.17) is 4.74 Å². The van der Waals surface area contributed by atoms with Gasteiger partial charge < -0.3 is 10.1 Å². The zero-order valence-electron chi connectivity index (χ0n) is 10.7. The number of carbonyl (C=O) groups is 3. The van der Waals surface area contributed by atoms with Crippen LogP contribution in [0.4, 0.5) is 0 Å². The predicted octanol–water partition coefficient (Wildman–Crippen LogP) is -0.0192. The van der Waals surface area contributed by atoms with Gasteiger partial charge in [-0.1, -0.05) is 18.7 Å². The summed E-state index contributed by atoms with van der Waals surface area (Å²) in [5.41, 5.74) is 0. The molecule has 108 valence electrons. The molecule has 0 aromatic carbocycles. The number of nitrogens with zero attached hydrogens (tertiary/aromatic N) is 1. The minimum Gasteiger partial charge on any atom is -0.464 e. The highest BCUT2D eigenvalue weighted by Gasteiger charge is 2.24. The van der Waals surface area contributed by atoms with E-state index in [1.807, 2.05) is 0 Å². The molecule has 0 saturated heterocycles. The van der Waals surface area contributed by atoms with Crippen molar-refractivity contribution in [2.75, 3.05) is 18.9 Å². The number of hydrogen-bond donors (Lipinski definition) is 1. The summed E-state index contributed by atoms with van der Waals surface area (Å²) < 4.78 is 4.73. The predicted molar refractivity (Wildman–Crippen MR) is 68.2 cm³/mol. The van der Waals surface area contributed by atoms with Gasteiger partial charge in [0.25, 0.3) is 12.5 Å². The van der Waals surface area contributed by atoms with Crippen molar-refractivity contribution in [1.82, 2.24) is 5.32 Å². The zero-order valence-corrected chi connectivity index (χ0v) is 11.5. The summed E-state index contributed by atoms with van der Waals surface area (Å²) in [6, 6.07) is -1.06. The number of hydrogen-bond acceptors (Lipinski definition) is 7. The topological polar surface area (TPSA) is 116 Å². The van der Waals surface area contributed by atoms with Crippen LogP contribution >= 0.6 is 11.8 Å². The highest BCUT2D eigenvalue weighted by atomic mass is 32.2. The number of rotatable bonds is 8. The lowest BCUT2D eigenvalue weighted by Crippen LogP contribution is -2.45. The lowest BCUT2D eigenvalue weighted by Gasteiger charge is -2.15. The molecular formula is C10H16N2O6S. The van der Waals surface area contributed by atoms with Crippen molar-refractivity contribution in [3.05, 3.63) is 10.1 Å². The van der Waals surface area contributed by atoms with Crippen molar-refractivity contribution in [2.24, 2.45) is 0 Å². The van der Waals surface area contributed by atoms with Gasteiger partial charge in [-0.2, -0.15) is 0 Å². The Balaban J connectivity index is 4.48. The lowest BCUT2D eigenvalue weighted by atomic mass is 10.3. The second kappa shape index (κ2) is 9.31. The van der Waals surface area contributed by atoms with Crippen LogP contribution in [0.2, 0.25) is 0 Å². The van der Waals surface area contributed by atoms with Crippen LogP contribution in [0, 0.1) is 10.1 Å². The molecule has 8 nitrogen and oxygen atoms in total. The van der Waals surface area contributed by atoms with Gasteiger partial charge in [0, 0.05) is 17.1 Å². The Hall–Kier alpha value is -1.64. The Morgan fingerprint density at radius 2 is 2.00 bits per heavy atom. The fourth-order valence-electron chi connectivity index (χ4n) is 1.05. The molecule has 9 heteroatoms. The average Bonchev–Trinajstić information content (AvgIpc) is 2.33. The largest absolute Gasteiger partial charge is 0.464 e. The molecule has 0 bridgehead atoms. The van der Waals surface area contributed by atoms with Gasteiger partial charge in [0.2, 0.25) is 0 Å². The quantitative estimate of drug-likeness (QED) is 0.379. The third kappa shape index (κ3) is 8.14. The lowest BCUT2D eigenvalue weighted by molar-refractivity contribution is -0.467. The van der Waals surface area contributed by atoms with Crippen molar-refractivity contribution in [3.63, 3.8) is 0 Å². The van der Waals surface area contributed by atoms with Gasteiger partial charge in [-0.25, -0.2) is 4.79 Å². The first-order valence-corrected chi connectivity index (χ1v) is 6.62. The van der Waals surface area contributed by atoms with Crippen molar-refractivity contribution in [3.8, 4) is 0 Å². The van der Waals surface area contributed by atoms with Crippen molar-refractivity contribution < 1.29 is 24.0 Å². The van der Waals surface area contributed by atoms with E-state index in [0.717, 1.165) is 11.8 Å². The summed E-state index contributed by atoms with van der Waals surface area (Å²) in [5, 5.41) is 12.2. The molecule has 1 atom stereocenters. The van der Waals surface area contributed by atoms with Crippen molar-refractivity contribution in [2.45, 2.75) is 26.3 Å². The van der Waals surface area contributed by atoms with E-state index in [2.05, 4.69) is 5.32 Å². The summed E-state index contributed by atoms with van der Waals surface area (Å²) in [6.45, 7) is 2.45. The van der Waals surface area contributed by atoms with E-state index in [-0.39, 0.29) is 17.5 Å². The maximum Gasteiger partial charge on any atom is 0.329 e. The van der Waals surface area contributed by atoms with E-state index in [0.29, 0.717) is 6.42 Å². The summed E-state index contributed by atoms with van der Waals surface area (Å²) in [7, 11) is 0. The summed E-state index contributed by atoms with van der Waals surface area (Å²) in [6.07, 6.45) is 0.295. The number of nitro groups is 1. The molecule has 0 unspecified atom stereocenters. The molecule has 0 aliphatic rings. The van der Waals surface area contributed by atoms with Crippen LogP contribution in [0.5, 0.6) is 0 Å². The zero-order chi connectivity index (χ0) is 14.8. The van der Waals surface area contributed by atoms with E-state index in [9.17, 15) is 24.5 Å². The number of nitrogens with one attached hydrogen (secondary N) is 1. The number of amides is 1. The Morgan fingerprint density at radius 1 is 1.37 bits per heavy atom. The molecule has 0 saturated carbocycles. The second-order valence-electron chi connectivity index (χ2n) is 3.40. The summed E-state index contributed by atoms with van der Waals surface area (Å²) in [5.74, 6) is -1.61. The molecule has 0 heterocycles. The van der Waals surface area contributed by atoms with Gasteiger partial charge in [0.1, 0.15) is 6.04 Å². The first-order chi connectivity index (χ1) is 8.90. The normalized spacial score (nSPS) is 11.5. The number of thioether (sulfide) groups is 1. The number of carbonyl (C=O) groups excluding carboxylic acids is 3. The van der Waals surface area contributed by atoms with Gasteiger partial charge >= 0.3 is 5.97 Å². The Labute approximate surface area is 114 Å². The monoisotopic (exact) mass is 292 g/mol. The fourth-order valence-corrected chi connectivity index (χ4v) is 1.82. The van der Waals surface area contributed by atoms with Crippen LogP contribution in [0.15, 0.2) is 0 Å². The van der Waals surface area contributed by atoms with Crippen LogP contribution in [0.3, 0.4) is 0 Å². The molecule has 0 aliphatic heterocycles. The molecule has 1 N–H and O–H groups in total. The number of esters is 1. The Morgan fingerprint density at radius 3 is 2.47 bits per heavy atom. The molecule has 1 amide bonds. The smallest absolute Gasteiger partial charge is 0.329 e. The number of ether oxygens (including phenoxy) is 1. The van der Waals surface area contributed by atoms with E-state index in [1.54, 1.807) is 13.8 Å². The van der Waals surface area contributed by atoms with Crippen LogP contribution in [0.25, 0.3) is 0 Å². The second-order valence-corrected chi connectivity index (χ2v) is 4.48. The van der Waals surface area contributed by atoms with Gasteiger partial charge in [-0.15, -0.1) is 0 Å². The first-order valence-electron chi connectivity index (χ1n) is 5.64. The van der Waals surface area contributed by atoms with Crippen LogP contribution < -0.4 is 5.32 Å². The van der Waals surface area contributed by atoms with E-state index in [1.165, 1.54) is 0 Å². The van der Waals surface area contributed by atoms with Crippen LogP contribution in [0.1, 0.15) is 20.3 Å². The average molecular weight is 292 g/mol. The van der Waals surface area contributed by atoms with Gasteiger partial charge in [0.05, 0.1) is 6.61 Å². The van der Waals surface area contributed by atoms with E-state index >= 15 is 0 Å². The summed E-state index contributed by atoms with van der Waals surface area (Å²) >= 11 is 0.875. The minimum atomic E-state index is -1.06. The standard InChI is InChI=1S/C10H16N2O6S/c1-3-9(14)19-6-7(10(15)18-4-2)11-8(13)5-12(16)17/h7H,3-6H2,1-2H3,(H,11,13)/t7-/m0/s1. The molecule has 0 spiro atoms. The van der Waals surface area contributed by atoms with Gasteiger partial charge in [-0.3, -0.25) is 19.7 Å². The molecule has 19 heavy (non-hydrogen) atoms. The highest BCUT2D eigenvalue weighted by Crippen LogP contribution is 2.08. The minimum absolute atomic E-state index is 0.00500. The van der Waals surface area contributed by atoms with Crippen molar-refractivity contribution in [1.29, 1.82) is 0 Å². The maximum absolute atomic E-state index is 11.5. The third-order valence-electron chi connectivity index (χ3n) is 1.88. The molecule has 0 aromatic heterocycles. The van der Waals surface area contributed by atoms with Crippen LogP contribution in [-0.4, -0.2) is 46.9 Å². The molecular weight excluding hydrogens is 276 g/mol. The van der Waals surface area contributed by atoms with Crippen molar-refractivity contribution >= 4 is 28.8 Å². The van der Waals surface area contributed by atoms with Gasteiger partial charge in [0.15, 0.2) is 5.12 Å². The highest BCUT2D eigenvalue weighted by molar-refractivity contribution is 8.13. The molecule has 0 rings (SSSR count).